The summed E-state index contributed by atoms with van der Waals surface area (Å²) in [5, 5.41) is 11.2. The maximum atomic E-state index is 13.2. The number of rotatable bonds is 10. The molecule has 0 aliphatic carbocycles. The molecule has 1 amide bonds. The molecule has 1 aliphatic heterocycles. The van der Waals surface area contributed by atoms with E-state index in [1.165, 1.54) is 4.90 Å². The Morgan fingerprint density at radius 2 is 1.75 bits per heavy atom. The molecule has 1 N–H and O–H groups in total. The number of benzene rings is 2. The number of hydrogen-bond donors (Lipinski definition) is 1. The lowest BCUT2D eigenvalue weighted by Gasteiger charge is -2.25. The van der Waals surface area contributed by atoms with E-state index >= 15 is 0 Å². The molecule has 1 aromatic heterocycles. The molecule has 184 valence electrons. The van der Waals surface area contributed by atoms with Crippen molar-refractivity contribution in [2.45, 2.75) is 25.9 Å². The fraction of sp³-hybridized carbons (Fsp3) is 0.207. The smallest absolute Gasteiger partial charge is 0.295 e. The first-order chi connectivity index (χ1) is 17.5. The van der Waals surface area contributed by atoms with Crippen LogP contribution in [0.2, 0.25) is 0 Å². The molecule has 7 heteroatoms. The minimum atomic E-state index is -0.776. The molecule has 0 radical (unpaired) electrons. The summed E-state index contributed by atoms with van der Waals surface area (Å²) in [5.74, 6) is -0.362. The molecule has 7 nitrogen and oxygen atoms in total. The summed E-state index contributed by atoms with van der Waals surface area (Å²) in [5.41, 5.74) is 1.91. The van der Waals surface area contributed by atoms with Gasteiger partial charge < -0.3 is 19.5 Å². The first-order valence-electron chi connectivity index (χ1n) is 11.8. The first kappa shape index (κ1) is 24.7. The summed E-state index contributed by atoms with van der Waals surface area (Å²) in [6.45, 7) is 6.76. The zero-order valence-corrected chi connectivity index (χ0v) is 20.1. The van der Waals surface area contributed by atoms with Crippen LogP contribution in [0.25, 0.3) is 5.76 Å². The quantitative estimate of drug-likeness (QED) is 0.187. The van der Waals surface area contributed by atoms with E-state index in [-0.39, 0.29) is 17.9 Å². The molecular weight excluding hydrogens is 456 g/mol. The summed E-state index contributed by atoms with van der Waals surface area (Å²) >= 11 is 0. The van der Waals surface area contributed by atoms with Gasteiger partial charge in [0.05, 0.1) is 18.2 Å². The minimum absolute atomic E-state index is 0.0332. The summed E-state index contributed by atoms with van der Waals surface area (Å²) in [6.07, 6.45) is 5.81. The number of amides is 1. The predicted octanol–water partition coefficient (Wildman–Crippen LogP) is 5.06. The SMILES string of the molecule is C=CCOc1ccc(C(O)=C2C(=O)C(=O)N(Cc3cccnc3)C2c2ccc(OCCC)cc2)cc1. The van der Waals surface area contributed by atoms with E-state index in [9.17, 15) is 14.7 Å². The lowest BCUT2D eigenvalue weighted by Crippen LogP contribution is -2.29. The Balaban J connectivity index is 1.75. The highest BCUT2D eigenvalue weighted by Gasteiger charge is 2.46. The second kappa shape index (κ2) is 11.4. The van der Waals surface area contributed by atoms with E-state index in [1.807, 2.05) is 25.1 Å². The average Bonchev–Trinajstić information content (AvgIpc) is 3.16. The van der Waals surface area contributed by atoms with Crippen LogP contribution in [0.1, 0.15) is 36.1 Å². The van der Waals surface area contributed by atoms with Gasteiger partial charge in [0.25, 0.3) is 11.7 Å². The van der Waals surface area contributed by atoms with Gasteiger partial charge in [-0.1, -0.05) is 37.8 Å². The summed E-state index contributed by atoms with van der Waals surface area (Å²) < 4.78 is 11.2. The molecule has 1 aliphatic rings. The summed E-state index contributed by atoms with van der Waals surface area (Å²) in [4.78, 5) is 32.0. The third-order valence-corrected chi connectivity index (χ3v) is 5.78. The molecule has 36 heavy (non-hydrogen) atoms. The molecule has 1 fully saturated rings. The normalized spacial score (nSPS) is 16.7. The Morgan fingerprint density at radius 1 is 1.06 bits per heavy atom. The van der Waals surface area contributed by atoms with Gasteiger partial charge >= 0.3 is 0 Å². The Hall–Kier alpha value is -4.39. The highest BCUT2D eigenvalue weighted by Crippen LogP contribution is 2.40. The van der Waals surface area contributed by atoms with Gasteiger partial charge in [-0.15, -0.1) is 0 Å². The van der Waals surface area contributed by atoms with E-state index in [4.69, 9.17) is 9.47 Å². The van der Waals surface area contributed by atoms with Crippen LogP contribution in [0.4, 0.5) is 0 Å². The van der Waals surface area contributed by atoms with E-state index in [1.54, 1.807) is 60.9 Å². The van der Waals surface area contributed by atoms with Crippen molar-refractivity contribution in [3.05, 3.63) is 108 Å². The molecule has 1 saturated heterocycles. The van der Waals surface area contributed by atoms with Crippen LogP contribution in [0, 0.1) is 0 Å². The fourth-order valence-electron chi connectivity index (χ4n) is 4.06. The fourth-order valence-corrected chi connectivity index (χ4v) is 4.06. The number of ketones is 1. The maximum Gasteiger partial charge on any atom is 0.295 e. The van der Waals surface area contributed by atoms with Crippen molar-refractivity contribution in [3.63, 3.8) is 0 Å². The molecule has 2 aromatic carbocycles. The second-order valence-corrected chi connectivity index (χ2v) is 8.33. The van der Waals surface area contributed by atoms with Crippen molar-refractivity contribution in [1.82, 2.24) is 9.88 Å². The molecule has 3 aromatic rings. The third-order valence-electron chi connectivity index (χ3n) is 5.78. The topological polar surface area (TPSA) is 89.0 Å². The van der Waals surface area contributed by atoms with Crippen LogP contribution in [-0.4, -0.2) is 39.9 Å². The molecule has 1 unspecified atom stereocenters. The summed E-state index contributed by atoms with van der Waals surface area (Å²) in [6, 6.07) is 16.8. The molecule has 0 bridgehead atoms. The third kappa shape index (κ3) is 5.30. The van der Waals surface area contributed by atoms with Crippen molar-refractivity contribution < 1.29 is 24.2 Å². The number of carbonyl (C=O) groups is 2. The Labute approximate surface area is 210 Å². The van der Waals surface area contributed by atoms with Crippen LogP contribution in [-0.2, 0) is 16.1 Å². The van der Waals surface area contributed by atoms with Gasteiger partial charge in [0.15, 0.2) is 0 Å². The number of pyridine rings is 1. The molecule has 4 rings (SSSR count). The maximum absolute atomic E-state index is 13.2. The van der Waals surface area contributed by atoms with Gasteiger partial charge in [-0.25, -0.2) is 0 Å². The Kier molecular flexibility index (Phi) is 7.80. The highest BCUT2D eigenvalue weighted by atomic mass is 16.5. The highest BCUT2D eigenvalue weighted by molar-refractivity contribution is 6.46. The number of nitrogens with zero attached hydrogens (tertiary/aromatic N) is 2. The first-order valence-corrected chi connectivity index (χ1v) is 11.8. The average molecular weight is 485 g/mol. The number of ether oxygens (including phenoxy) is 2. The van der Waals surface area contributed by atoms with Crippen LogP contribution in [0.5, 0.6) is 11.5 Å². The van der Waals surface area contributed by atoms with Gasteiger partial charge in [0, 0.05) is 24.5 Å². The van der Waals surface area contributed by atoms with E-state index in [0.717, 1.165) is 12.0 Å². The van der Waals surface area contributed by atoms with Crippen molar-refractivity contribution >= 4 is 17.4 Å². The van der Waals surface area contributed by atoms with Gasteiger partial charge in [0.1, 0.15) is 23.9 Å². The standard InChI is InChI=1S/C29H28N2O5/c1-3-16-35-23-11-7-21(8-12-23)26-25(27(32)22-9-13-24(14-10-22)36-17-4-2)28(33)29(34)31(26)19-20-6-5-15-30-18-20/h4-15,18,26,32H,2-3,16-17,19H2,1H3. The minimum Gasteiger partial charge on any atom is -0.507 e. The molecule has 0 saturated carbocycles. The van der Waals surface area contributed by atoms with Crippen LogP contribution >= 0.6 is 0 Å². The number of hydrogen-bond acceptors (Lipinski definition) is 6. The number of aliphatic hydroxyl groups is 1. The second-order valence-electron chi connectivity index (χ2n) is 8.33. The molecular formula is C29H28N2O5. The van der Waals surface area contributed by atoms with E-state index < -0.39 is 17.7 Å². The Bertz CT molecular complexity index is 1250. The number of aliphatic hydroxyl groups excluding tert-OH is 1. The number of carbonyl (C=O) groups excluding carboxylic acids is 2. The summed E-state index contributed by atoms with van der Waals surface area (Å²) in [7, 11) is 0. The zero-order valence-electron chi connectivity index (χ0n) is 20.1. The van der Waals surface area contributed by atoms with Gasteiger partial charge in [-0.3, -0.25) is 14.6 Å². The number of likely N-dealkylation sites (tertiary alicyclic amines) is 1. The predicted molar refractivity (Wildman–Crippen MR) is 136 cm³/mol. The molecule has 2 heterocycles. The molecule has 0 spiro atoms. The van der Waals surface area contributed by atoms with Crippen LogP contribution in [0.15, 0.2) is 91.3 Å². The zero-order chi connectivity index (χ0) is 25.5. The van der Waals surface area contributed by atoms with Crippen molar-refractivity contribution in [2.75, 3.05) is 13.2 Å². The van der Waals surface area contributed by atoms with Crippen molar-refractivity contribution in [1.29, 1.82) is 0 Å². The van der Waals surface area contributed by atoms with Gasteiger partial charge in [-0.2, -0.15) is 0 Å². The van der Waals surface area contributed by atoms with E-state index in [0.29, 0.717) is 35.8 Å². The van der Waals surface area contributed by atoms with Crippen LogP contribution in [0.3, 0.4) is 0 Å². The van der Waals surface area contributed by atoms with E-state index in [2.05, 4.69) is 11.6 Å². The lowest BCUT2D eigenvalue weighted by atomic mass is 9.95. The monoisotopic (exact) mass is 484 g/mol. The van der Waals surface area contributed by atoms with Crippen molar-refractivity contribution in [3.8, 4) is 11.5 Å². The van der Waals surface area contributed by atoms with Gasteiger partial charge in [0.2, 0.25) is 0 Å². The number of aromatic nitrogens is 1. The molecule has 1 atom stereocenters. The number of Topliss-reactive ketones (excluding diaryl/α,β-unsaturated/α-hetero) is 1. The Morgan fingerprint density at radius 3 is 2.39 bits per heavy atom. The van der Waals surface area contributed by atoms with Gasteiger partial charge in [-0.05, 0) is 60.0 Å². The lowest BCUT2D eigenvalue weighted by molar-refractivity contribution is -0.140. The van der Waals surface area contributed by atoms with Crippen LogP contribution < -0.4 is 9.47 Å². The largest absolute Gasteiger partial charge is 0.507 e. The van der Waals surface area contributed by atoms with Crippen molar-refractivity contribution in [2.24, 2.45) is 0 Å².